The lowest BCUT2D eigenvalue weighted by atomic mass is 10.2. The highest BCUT2D eigenvalue weighted by Gasteiger charge is 2.13. The van der Waals surface area contributed by atoms with Crippen LogP contribution in [0.15, 0.2) is 64.9 Å². The fraction of sp³-hybridized carbons (Fsp3) is 0.105. The van der Waals surface area contributed by atoms with Gasteiger partial charge in [-0.15, -0.1) is 10.2 Å². The average molecular weight is 433 g/mol. The monoisotopic (exact) mass is 432 g/mol. The highest BCUT2D eigenvalue weighted by atomic mass is 35.5. The Morgan fingerprint density at radius 3 is 1.85 bits per heavy atom. The van der Waals surface area contributed by atoms with E-state index in [1.807, 2.05) is 48.5 Å². The van der Waals surface area contributed by atoms with Gasteiger partial charge in [0.15, 0.2) is 0 Å². The van der Waals surface area contributed by atoms with Crippen molar-refractivity contribution in [3.63, 3.8) is 0 Å². The Hall–Kier alpha value is -1.73. The van der Waals surface area contributed by atoms with Gasteiger partial charge in [-0.25, -0.2) is 4.98 Å². The number of thioether (sulfide) groups is 2. The summed E-state index contributed by atoms with van der Waals surface area (Å²) in [6, 6.07) is 15.6. The van der Waals surface area contributed by atoms with E-state index in [2.05, 4.69) is 20.2 Å². The number of rotatable bonds is 6. The number of hydrogen-bond acceptors (Lipinski definition) is 5. The second kappa shape index (κ2) is 8.52. The maximum absolute atomic E-state index is 5.94. The molecule has 0 fully saturated rings. The third-order valence-electron chi connectivity index (χ3n) is 3.87. The van der Waals surface area contributed by atoms with Crippen LogP contribution in [0.25, 0.3) is 11.0 Å². The predicted molar refractivity (Wildman–Crippen MR) is 114 cm³/mol. The summed E-state index contributed by atoms with van der Waals surface area (Å²) in [6.07, 6.45) is 1.69. The van der Waals surface area contributed by atoms with E-state index in [-0.39, 0.29) is 0 Å². The van der Waals surface area contributed by atoms with Crippen molar-refractivity contribution in [3.05, 3.63) is 76.0 Å². The number of H-pyrrole nitrogens is 1. The third-order valence-corrected chi connectivity index (χ3v) is 6.43. The van der Waals surface area contributed by atoms with Crippen LogP contribution in [0.4, 0.5) is 0 Å². The number of aromatic nitrogens is 4. The van der Waals surface area contributed by atoms with Gasteiger partial charge in [-0.2, -0.15) is 0 Å². The Bertz CT molecular complexity index is 966. The SMILES string of the molecule is Clc1ccc(CSc2nnc(SCc3ccc(Cl)cc3)c3[nH]cnc23)cc1. The molecule has 0 atom stereocenters. The summed E-state index contributed by atoms with van der Waals surface area (Å²) < 4.78 is 0. The summed E-state index contributed by atoms with van der Waals surface area (Å²) in [5.74, 6) is 1.57. The average Bonchev–Trinajstić information content (AvgIpc) is 3.18. The first kappa shape index (κ1) is 18.6. The third kappa shape index (κ3) is 4.58. The lowest BCUT2D eigenvalue weighted by molar-refractivity contribution is 0.879. The van der Waals surface area contributed by atoms with Gasteiger partial charge in [-0.1, -0.05) is 71.0 Å². The minimum Gasteiger partial charge on any atom is -0.342 e. The Labute approximate surface area is 175 Å². The molecule has 0 aliphatic carbocycles. The molecule has 0 bridgehead atoms. The van der Waals surface area contributed by atoms with Crippen molar-refractivity contribution in [2.24, 2.45) is 0 Å². The number of nitrogens with one attached hydrogen (secondary N) is 1. The quantitative estimate of drug-likeness (QED) is 0.365. The van der Waals surface area contributed by atoms with Gasteiger partial charge in [-0.05, 0) is 35.4 Å². The summed E-state index contributed by atoms with van der Waals surface area (Å²) >= 11 is 15.1. The van der Waals surface area contributed by atoms with Gasteiger partial charge in [0, 0.05) is 21.6 Å². The van der Waals surface area contributed by atoms with Crippen LogP contribution >= 0.6 is 46.7 Å². The van der Waals surface area contributed by atoms with Gasteiger partial charge in [0.1, 0.15) is 21.1 Å². The standard InChI is InChI=1S/C19H14Cl2N4S2/c20-14-5-1-12(2-6-14)9-26-18-16-17(23-11-22-16)19(25-24-18)27-10-13-3-7-15(21)8-4-13/h1-8,11H,9-10H2,(H,22,23). The summed E-state index contributed by atoms with van der Waals surface area (Å²) in [6.45, 7) is 0. The number of nitrogens with zero attached hydrogens (tertiary/aromatic N) is 3. The molecule has 8 heteroatoms. The lowest BCUT2D eigenvalue weighted by Gasteiger charge is -2.05. The second-order valence-corrected chi connectivity index (χ2v) is 8.57. The molecular formula is C19H14Cl2N4S2. The van der Waals surface area contributed by atoms with E-state index in [1.54, 1.807) is 29.9 Å². The van der Waals surface area contributed by atoms with Gasteiger partial charge in [0.2, 0.25) is 0 Å². The van der Waals surface area contributed by atoms with E-state index in [0.29, 0.717) is 0 Å². The smallest absolute Gasteiger partial charge is 0.147 e. The molecule has 0 saturated carbocycles. The highest BCUT2D eigenvalue weighted by Crippen LogP contribution is 2.32. The second-order valence-electron chi connectivity index (χ2n) is 5.77. The van der Waals surface area contributed by atoms with E-state index in [4.69, 9.17) is 23.2 Å². The Kier molecular flexibility index (Phi) is 5.88. The van der Waals surface area contributed by atoms with Gasteiger partial charge >= 0.3 is 0 Å². The molecule has 1 N–H and O–H groups in total. The van der Waals surface area contributed by atoms with Crippen LogP contribution in [0.5, 0.6) is 0 Å². The normalized spacial score (nSPS) is 11.2. The largest absolute Gasteiger partial charge is 0.342 e. The molecule has 2 aromatic heterocycles. The summed E-state index contributed by atoms with van der Waals surface area (Å²) in [5, 5.41) is 11.9. The molecule has 0 aliphatic rings. The van der Waals surface area contributed by atoms with Crippen molar-refractivity contribution in [2.75, 3.05) is 0 Å². The molecule has 0 aliphatic heterocycles. The van der Waals surface area contributed by atoms with Crippen LogP contribution in [0.3, 0.4) is 0 Å². The number of aromatic amines is 1. The minimum absolute atomic E-state index is 0.736. The van der Waals surface area contributed by atoms with E-state index >= 15 is 0 Å². The Balaban J connectivity index is 1.49. The topological polar surface area (TPSA) is 54.5 Å². The molecule has 2 heterocycles. The molecule has 27 heavy (non-hydrogen) atoms. The Morgan fingerprint density at radius 2 is 1.26 bits per heavy atom. The first-order valence-corrected chi connectivity index (χ1v) is 10.9. The zero-order valence-corrected chi connectivity index (χ0v) is 17.2. The molecule has 2 aromatic carbocycles. The summed E-state index contributed by atoms with van der Waals surface area (Å²) in [4.78, 5) is 7.63. The van der Waals surface area contributed by atoms with E-state index in [9.17, 15) is 0 Å². The van der Waals surface area contributed by atoms with E-state index in [0.717, 1.165) is 42.6 Å². The zero-order valence-electron chi connectivity index (χ0n) is 14.0. The number of benzene rings is 2. The summed E-state index contributed by atoms with van der Waals surface area (Å²) in [5.41, 5.74) is 4.13. The van der Waals surface area contributed by atoms with Crippen LogP contribution in [0.2, 0.25) is 10.0 Å². The summed E-state index contributed by atoms with van der Waals surface area (Å²) in [7, 11) is 0. The molecule has 4 aromatic rings. The number of fused-ring (bicyclic) bond motifs is 1. The van der Waals surface area contributed by atoms with Gasteiger partial charge in [-0.3, -0.25) is 0 Å². The first-order valence-electron chi connectivity index (χ1n) is 8.13. The van der Waals surface area contributed by atoms with Crippen LogP contribution in [0.1, 0.15) is 11.1 Å². The fourth-order valence-electron chi connectivity index (χ4n) is 2.47. The molecular weight excluding hydrogens is 419 g/mol. The lowest BCUT2D eigenvalue weighted by Crippen LogP contribution is -1.93. The first-order chi connectivity index (χ1) is 13.2. The number of halogens is 2. The van der Waals surface area contributed by atoms with E-state index < -0.39 is 0 Å². The highest BCUT2D eigenvalue weighted by molar-refractivity contribution is 7.99. The van der Waals surface area contributed by atoms with Crippen LogP contribution in [-0.2, 0) is 11.5 Å². The zero-order chi connectivity index (χ0) is 18.6. The van der Waals surface area contributed by atoms with Crippen molar-refractivity contribution in [3.8, 4) is 0 Å². The molecule has 136 valence electrons. The molecule has 4 rings (SSSR count). The number of imidazole rings is 1. The van der Waals surface area contributed by atoms with Crippen molar-refractivity contribution in [1.29, 1.82) is 0 Å². The van der Waals surface area contributed by atoms with Crippen molar-refractivity contribution in [2.45, 2.75) is 21.6 Å². The maximum Gasteiger partial charge on any atom is 0.147 e. The predicted octanol–water partition coefficient (Wildman–Crippen LogP) is 6.24. The number of hydrogen-bond donors (Lipinski definition) is 1. The Morgan fingerprint density at radius 1 is 0.741 bits per heavy atom. The van der Waals surface area contributed by atoms with E-state index in [1.165, 1.54) is 11.1 Å². The van der Waals surface area contributed by atoms with Crippen LogP contribution < -0.4 is 0 Å². The maximum atomic E-state index is 5.94. The molecule has 0 radical (unpaired) electrons. The molecule has 4 nitrogen and oxygen atoms in total. The van der Waals surface area contributed by atoms with Gasteiger partial charge in [0.05, 0.1) is 6.33 Å². The van der Waals surface area contributed by atoms with Crippen molar-refractivity contribution < 1.29 is 0 Å². The van der Waals surface area contributed by atoms with Crippen LogP contribution in [-0.4, -0.2) is 20.2 Å². The van der Waals surface area contributed by atoms with Gasteiger partial charge in [0.25, 0.3) is 0 Å². The molecule has 0 amide bonds. The minimum atomic E-state index is 0.736. The van der Waals surface area contributed by atoms with Gasteiger partial charge < -0.3 is 4.98 Å². The molecule has 0 spiro atoms. The molecule has 0 saturated heterocycles. The fourth-order valence-corrected chi connectivity index (χ4v) is 4.50. The molecule has 0 unspecified atom stereocenters. The van der Waals surface area contributed by atoms with Crippen molar-refractivity contribution >= 4 is 57.8 Å². The van der Waals surface area contributed by atoms with Crippen molar-refractivity contribution in [1.82, 2.24) is 20.2 Å². The van der Waals surface area contributed by atoms with Crippen LogP contribution in [0, 0.1) is 0 Å².